The lowest BCUT2D eigenvalue weighted by Crippen LogP contribution is -2.28. The first-order valence-electron chi connectivity index (χ1n) is 9.49. The number of amides is 1. The number of fused-ring (bicyclic) bond motifs is 1. The average molecular weight is 405 g/mol. The van der Waals surface area contributed by atoms with Gasteiger partial charge in [-0.2, -0.15) is 0 Å². The lowest BCUT2D eigenvalue weighted by Gasteiger charge is -2.18. The smallest absolute Gasteiger partial charge is 0.349 e. The molecule has 0 unspecified atom stereocenters. The van der Waals surface area contributed by atoms with Crippen LogP contribution in [0.5, 0.6) is 5.75 Å². The van der Waals surface area contributed by atoms with Gasteiger partial charge in [0.15, 0.2) is 0 Å². The minimum atomic E-state index is -0.773. The van der Waals surface area contributed by atoms with Gasteiger partial charge in [0.2, 0.25) is 0 Å². The molecule has 3 aromatic rings. The molecule has 0 saturated heterocycles. The Balaban J connectivity index is 1.82. The first kappa shape index (κ1) is 21.0. The number of ether oxygens (including phenoxy) is 1. The molecule has 0 spiro atoms. The van der Waals surface area contributed by atoms with E-state index >= 15 is 0 Å². The van der Waals surface area contributed by atoms with Crippen LogP contribution in [0.15, 0.2) is 70.4 Å². The van der Waals surface area contributed by atoms with Crippen LogP contribution in [0.4, 0.5) is 0 Å². The van der Waals surface area contributed by atoms with Crippen molar-refractivity contribution in [3.63, 3.8) is 0 Å². The van der Waals surface area contributed by atoms with Crippen LogP contribution in [0.1, 0.15) is 47.1 Å². The van der Waals surface area contributed by atoms with Gasteiger partial charge < -0.3 is 14.5 Å². The van der Waals surface area contributed by atoms with E-state index in [9.17, 15) is 14.4 Å². The Hall–Kier alpha value is -3.67. The molecule has 0 radical (unpaired) electrons. The number of hydrogen-bond donors (Lipinski definition) is 1. The van der Waals surface area contributed by atoms with E-state index in [2.05, 4.69) is 32.7 Å². The van der Waals surface area contributed by atoms with Gasteiger partial charge in [0, 0.05) is 18.0 Å². The maximum absolute atomic E-state index is 12.4. The van der Waals surface area contributed by atoms with E-state index in [-0.39, 0.29) is 28.9 Å². The van der Waals surface area contributed by atoms with E-state index in [1.54, 1.807) is 24.3 Å². The first-order valence-corrected chi connectivity index (χ1v) is 9.49. The molecule has 0 saturated carbocycles. The van der Waals surface area contributed by atoms with Gasteiger partial charge in [0.05, 0.1) is 5.56 Å². The highest BCUT2D eigenvalue weighted by Gasteiger charge is 2.16. The van der Waals surface area contributed by atoms with Gasteiger partial charge in [-0.3, -0.25) is 4.79 Å². The van der Waals surface area contributed by atoms with Crippen LogP contribution in [0.2, 0.25) is 0 Å². The van der Waals surface area contributed by atoms with Gasteiger partial charge in [-0.25, -0.2) is 9.59 Å². The number of nitrogens with one attached hydrogen (secondary N) is 1. The molecule has 154 valence electrons. The van der Waals surface area contributed by atoms with E-state index in [0.717, 1.165) is 5.56 Å². The second-order valence-electron chi connectivity index (χ2n) is 7.86. The summed E-state index contributed by atoms with van der Waals surface area (Å²) >= 11 is 0. The topological polar surface area (TPSA) is 85.6 Å². The van der Waals surface area contributed by atoms with Crippen molar-refractivity contribution in [2.75, 3.05) is 6.54 Å². The Morgan fingerprint density at radius 2 is 1.80 bits per heavy atom. The Morgan fingerprint density at radius 1 is 1.10 bits per heavy atom. The summed E-state index contributed by atoms with van der Waals surface area (Å²) in [5.74, 6) is -0.822. The summed E-state index contributed by atoms with van der Waals surface area (Å²) in [7, 11) is 0. The quantitative estimate of drug-likeness (QED) is 0.297. The zero-order valence-electron chi connectivity index (χ0n) is 17.2. The maximum Gasteiger partial charge on any atom is 0.349 e. The van der Waals surface area contributed by atoms with Gasteiger partial charge in [0.25, 0.3) is 5.91 Å². The third-order valence-electron chi connectivity index (χ3n) is 4.56. The molecular weight excluding hydrogens is 382 g/mol. The predicted molar refractivity (Wildman–Crippen MR) is 115 cm³/mol. The lowest BCUT2D eigenvalue weighted by atomic mass is 9.87. The van der Waals surface area contributed by atoms with E-state index in [4.69, 9.17) is 9.15 Å². The molecule has 0 aliphatic carbocycles. The van der Waals surface area contributed by atoms with Gasteiger partial charge >= 0.3 is 11.6 Å². The van der Waals surface area contributed by atoms with E-state index in [1.165, 1.54) is 18.2 Å². The Kier molecular flexibility index (Phi) is 5.87. The number of carbonyl (C=O) groups is 2. The molecule has 0 aliphatic rings. The van der Waals surface area contributed by atoms with Crippen LogP contribution >= 0.6 is 0 Å². The zero-order valence-corrected chi connectivity index (χ0v) is 17.2. The van der Waals surface area contributed by atoms with Crippen LogP contribution in [0.3, 0.4) is 0 Å². The van der Waals surface area contributed by atoms with E-state index in [0.29, 0.717) is 10.9 Å². The second-order valence-corrected chi connectivity index (χ2v) is 7.86. The van der Waals surface area contributed by atoms with E-state index in [1.807, 2.05) is 12.1 Å². The largest absolute Gasteiger partial charge is 0.423 e. The van der Waals surface area contributed by atoms with Gasteiger partial charge in [-0.05, 0) is 41.3 Å². The molecule has 2 aromatic carbocycles. The van der Waals surface area contributed by atoms with Crippen LogP contribution in [0.25, 0.3) is 11.0 Å². The molecule has 30 heavy (non-hydrogen) atoms. The van der Waals surface area contributed by atoms with Crippen molar-refractivity contribution < 1.29 is 18.7 Å². The van der Waals surface area contributed by atoms with Crippen molar-refractivity contribution in [1.29, 1.82) is 0 Å². The normalized spacial score (nSPS) is 11.2. The summed E-state index contributed by atoms with van der Waals surface area (Å²) in [6.07, 6.45) is 1.51. The SMILES string of the molecule is C=CCNC(=O)c1cc2ccc(OC(=O)c3ccc(C(C)(C)C)cc3)cc2oc1=O. The molecule has 1 amide bonds. The Labute approximate surface area is 174 Å². The van der Waals surface area contributed by atoms with Crippen molar-refractivity contribution in [3.05, 3.63) is 88.3 Å². The van der Waals surface area contributed by atoms with Gasteiger partial charge in [-0.15, -0.1) is 6.58 Å². The molecule has 6 heteroatoms. The molecule has 0 atom stereocenters. The Bertz CT molecular complexity index is 1170. The molecule has 1 N–H and O–H groups in total. The fraction of sp³-hybridized carbons (Fsp3) is 0.208. The van der Waals surface area contributed by atoms with Gasteiger partial charge in [0.1, 0.15) is 16.9 Å². The first-order chi connectivity index (χ1) is 14.2. The van der Waals surface area contributed by atoms with Crippen LogP contribution in [-0.4, -0.2) is 18.4 Å². The summed E-state index contributed by atoms with van der Waals surface area (Å²) in [5, 5.41) is 3.07. The molecule has 6 nitrogen and oxygen atoms in total. The fourth-order valence-corrected chi connectivity index (χ4v) is 2.85. The maximum atomic E-state index is 12.4. The second kappa shape index (κ2) is 8.37. The molecule has 0 bridgehead atoms. The van der Waals surface area contributed by atoms with Crippen molar-refractivity contribution in [3.8, 4) is 5.75 Å². The Morgan fingerprint density at radius 3 is 2.43 bits per heavy atom. The summed E-state index contributed by atoms with van der Waals surface area (Å²) in [4.78, 5) is 36.6. The minimum Gasteiger partial charge on any atom is -0.423 e. The van der Waals surface area contributed by atoms with Crippen LogP contribution in [-0.2, 0) is 5.41 Å². The number of carbonyl (C=O) groups excluding carboxylic acids is 2. The number of benzene rings is 2. The highest BCUT2D eigenvalue weighted by molar-refractivity contribution is 5.97. The predicted octanol–water partition coefficient (Wildman–Crippen LogP) is 4.23. The summed E-state index contributed by atoms with van der Waals surface area (Å²) < 4.78 is 10.7. The van der Waals surface area contributed by atoms with Crippen molar-refractivity contribution in [1.82, 2.24) is 5.32 Å². The third-order valence-corrected chi connectivity index (χ3v) is 4.56. The highest BCUT2D eigenvalue weighted by atomic mass is 16.5. The standard InChI is InChI=1S/C24H23NO5/c1-5-12-25-21(26)19-13-16-8-11-18(14-20(16)30-23(19)28)29-22(27)15-6-9-17(10-7-15)24(2,3)4/h5-11,13-14H,1,12H2,2-4H3,(H,25,26). The molecule has 1 aromatic heterocycles. The number of rotatable bonds is 5. The third kappa shape index (κ3) is 4.66. The average Bonchev–Trinajstić information content (AvgIpc) is 2.70. The monoisotopic (exact) mass is 405 g/mol. The number of esters is 1. The molecule has 0 fully saturated rings. The van der Waals surface area contributed by atoms with Gasteiger partial charge in [-0.1, -0.05) is 39.0 Å². The lowest BCUT2D eigenvalue weighted by molar-refractivity contribution is 0.0734. The van der Waals surface area contributed by atoms with E-state index < -0.39 is 17.5 Å². The highest BCUT2D eigenvalue weighted by Crippen LogP contribution is 2.24. The summed E-state index contributed by atoms with van der Waals surface area (Å²) in [6, 6.07) is 13.3. The van der Waals surface area contributed by atoms with Crippen molar-refractivity contribution in [2.24, 2.45) is 0 Å². The summed E-state index contributed by atoms with van der Waals surface area (Å²) in [6.45, 7) is 10.0. The molecule has 1 heterocycles. The minimum absolute atomic E-state index is 0.0141. The number of hydrogen-bond acceptors (Lipinski definition) is 5. The zero-order chi connectivity index (χ0) is 21.9. The van der Waals surface area contributed by atoms with Crippen LogP contribution < -0.4 is 15.7 Å². The van der Waals surface area contributed by atoms with Crippen LogP contribution in [0, 0.1) is 0 Å². The molecular formula is C24H23NO5. The molecule has 0 aliphatic heterocycles. The fourth-order valence-electron chi connectivity index (χ4n) is 2.85. The van der Waals surface area contributed by atoms with Crippen molar-refractivity contribution in [2.45, 2.75) is 26.2 Å². The summed E-state index contributed by atoms with van der Waals surface area (Å²) in [5.41, 5.74) is 0.852. The molecule has 3 rings (SSSR count). The van der Waals surface area contributed by atoms with Crippen molar-refractivity contribution >= 4 is 22.8 Å².